The van der Waals surface area contributed by atoms with Crippen molar-refractivity contribution >= 4 is 5.97 Å². The van der Waals surface area contributed by atoms with E-state index in [1.165, 1.54) is 7.11 Å². The van der Waals surface area contributed by atoms with Crippen molar-refractivity contribution in [3.05, 3.63) is 127 Å². The van der Waals surface area contributed by atoms with Gasteiger partial charge in [-0.25, -0.2) is 4.79 Å². The molecule has 33 heavy (non-hydrogen) atoms. The van der Waals surface area contributed by atoms with Crippen LogP contribution in [0.4, 0.5) is 0 Å². The van der Waals surface area contributed by atoms with Crippen molar-refractivity contribution in [2.45, 2.75) is 0 Å². The molecule has 0 radical (unpaired) electrons. The van der Waals surface area contributed by atoms with Crippen molar-refractivity contribution in [1.29, 1.82) is 0 Å². The van der Waals surface area contributed by atoms with E-state index < -0.39 is 0 Å². The lowest BCUT2D eigenvalue weighted by Gasteiger charge is -2.15. The highest BCUT2D eigenvalue weighted by molar-refractivity contribution is 6.09. The predicted molar refractivity (Wildman–Crippen MR) is 133 cm³/mol. The second-order valence-electron chi connectivity index (χ2n) is 7.71. The molecule has 1 aromatic heterocycles. The van der Waals surface area contributed by atoms with Gasteiger partial charge in [0.05, 0.1) is 24.1 Å². The molecule has 4 aromatic carbocycles. The van der Waals surface area contributed by atoms with Crippen LogP contribution in [0.25, 0.3) is 39.3 Å². The topological polar surface area (TPSA) is 31.2 Å². The van der Waals surface area contributed by atoms with Gasteiger partial charge in [0.2, 0.25) is 0 Å². The molecule has 0 N–H and O–H groups in total. The monoisotopic (exact) mass is 429 g/mol. The van der Waals surface area contributed by atoms with E-state index in [-0.39, 0.29) is 5.97 Å². The van der Waals surface area contributed by atoms with Crippen LogP contribution in [-0.4, -0.2) is 17.6 Å². The Kier molecular flexibility index (Phi) is 5.61. The van der Waals surface area contributed by atoms with Gasteiger partial charge < -0.3 is 9.30 Å². The molecule has 5 aromatic rings. The van der Waals surface area contributed by atoms with Crippen LogP contribution >= 0.6 is 0 Å². The number of hydrogen-bond acceptors (Lipinski definition) is 2. The zero-order chi connectivity index (χ0) is 22.6. The number of carbonyl (C=O) groups excluding carboxylic acids is 1. The van der Waals surface area contributed by atoms with Crippen molar-refractivity contribution in [2.75, 3.05) is 7.11 Å². The first kappa shape index (κ1) is 20.5. The summed E-state index contributed by atoms with van der Waals surface area (Å²) in [7, 11) is 1.44. The first-order chi connectivity index (χ1) is 16.3. The fourth-order valence-corrected chi connectivity index (χ4v) is 4.33. The molecule has 0 aliphatic heterocycles. The Labute approximate surface area is 193 Å². The summed E-state index contributed by atoms with van der Waals surface area (Å²) in [6.45, 7) is 0. The van der Waals surface area contributed by atoms with Gasteiger partial charge >= 0.3 is 5.97 Å². The molecule has 0 saturated carbocycles. The zero-order valence-electron chi connectivity index (χ0n) is 18.3. The Balaban J connectivity index is 2.02. The molecule has 0 bridgehead atoms. The van der Waals surface area contributed by atoms with Crippen LogP contribution < -0.4 is 0 Å². The average Bonchev–Trinajstić information content (AvgIpc) is 3.26. The third kappa shape index (κ3) is 3.74. The number of nitrogens with zero attached hydrogens (tertiary/aromatic N) is 1. The fourth-order valence-electron chi connectivity index (χ4n) is 4.33. The Morgan fingerprint density at radius 3 is 1.48 bits per heavy atom. The first-order valence-corrected chi connectivity index (χ1v) is 10.9. The summed E-state index contributed by atoms with van der Waals surface area (Å²) in [5, 5.41) is 0. The smallest absolute Gasteiger partial charge is 0.340 e. The molecule has 0 amide bonds. The molecule has 0 aliphatic rings. The van der Waals surface area contributed by atoms with Crippen LogP contribution in [0.5, 0.6) is 0 Å². The van der Waals surface area contributed by atoms with Crippen LogP contribution in [0.2, 0.25) is 0 Å². The predicted octanol–water partition coefficient (Wildman–Crippen LogP) is 7.26. The lowest BCUT2D eigenvalue weighted by Crippen LogP contribution is -2.05. The normalized spacial score (nSPS) is 10.7. The lowest BCUT2D eigenvalue weighted by atomic mass is 9.95. The van der Waals surface area contributed by atoms with Crippen LogP contribution in [0.15, 0.2) is 121 Å². The number of hydrogen-bond donors (Lipinski definition) is 0. The molecular formula is C30H23NO2. The SMILES string of the molecule is COC(=O)c1c(-c2ccccc2)c(-c2ccccc2)n(-c2ccccc2)c1-c1ccccc1. The molecule has 3 nitrogen and oxygen atoms in total. The molecule has 0 fully saturated rings. The summed E-state index contributed by atoms with van der Waals surface area (Å²) in [4.78, 5) is 13.4. The van der Waals surface area contributed by atoms with E-state index in [1.54, 1.807) is 0 Å². The third-order valence-electron chi connectivity index (χ3n) is 5.73. The summed E-state index contributed by atoms with van der Waals surface area (Å²) < 4.78 is 7.53. The van der Waals surface area contributed by atoms with Gasteiger partial charge in [0.15, 0.2) is 0 Å². The number of methoxy groups -OCH3 is 1. The van der Waals surface area contributed by atoms with E-state index in [0.29, 0.717) is 5.56 Å². The van der Waals surface area contributed by atoms with Crippen molar-refractivity contribution < 1.29 is 9.53 Å². The van der Waals surface area contributed by atoms with Crippen molar-refractivity contribution in [2.24, 2.45) is 0 Å². The first-order valence-electron chi connectivity index (χ1n) is 10.9. The molecule has 0 spiro atoms. The molecule has 3 heteroatoms. The van der Waals surface area contributed by atoms with Gasteiger partial charge in [0, 0.05) is 11.3 Å². The van der Waals surface area contributed by atoms with Gasteiger partial charge in [0.25, 0.3) is 0 Å². The number of para-hydroxylation sites is 1. The van der Waals surface area contributed by atoms with Crippen LogP contribution in [-0.2, 0) is 4.74 Å². The van der Waals surface area contributed by atoms with Crippen LogP contribution in [0.3, 0.4) is 0 Å². The highest BCUT2D eigenvalue weighted by Gasteiger charge is 2.31. The maximum absolute atomic E-state index is 13.4. The maximum Gasteiger partial charge on any atom is 0.340 e. The number of ether oxygens (including phenoxy) is 1. The van der Waals surface area contributed by atoms with Gasteiger partial charge in [-0.3, -0.25) is 0 Å². The molecule has 1 heterocycles. The number of rotatable bonds is 5. The van der Waals surface area contributed by atoms with E-state index in [4.69, 9.17) is 4.74 Å². The van der Waals surface area contributed by atoms with Crippen molar-refractivity contribution in [3.8, 4) is 39.3 Å². The largest absolute Gasteiger partial charge is 0.465 e. The van der Waals surface area contributed by atoms with Gasteiger partial charge in [0.1, 0.15) is 0 Å². The minimum absolute atomic E-state index is 0.362. The lowest BCUT2D eigenvalue weighted by molar-refractivity contribution is 0.0602. The Hall–Kier alpha value is -4.37. The van der Waals surface area contributed by atoms with Crippen molar-refractivity contribution in [3.63, 3.8) is 0 Å². The number of benzene rings is 4. The second-order valence-corrected chi connectivity index (χ2v) is 7.71. The van der Waals surface area contributed by atoms with Gasteiger partial charge in [-0.2, -0.15) is 0 Å². The minimum atomic E-state index is -0.362. The molecule has 0 atom stereocenters. The summed E-state index contributed by atoms with van der Waals surface area (Å²) in [6.07, 6.45) is 0. The van der Waals surface area contributed by atoms with Crippen molar-refractivity contribution in [1.82, 2.24) is 4.57 Å². The van der Waals surface area contributed by atoms with E-state index in [9.17, 15) is 4.79 Å². The number of aromatic nitrogens is 1. The van der Waals surface area contributed by atoms with E-state index in [1.807, 2.05) is 97.1 Å². The minimum Gasteiger partial charge on any atom is -0.465 e. The molecule has 0 unspecified atom stereocenters. The summed E-state index contributed by atoms with van der Waals surface area (Å²) in [5.41, 5.74) is 7.08. The molecule has 5 rings (SSSR count). The zero-order valence-corrected chi connectivity index (χ0v) is 18.3. The molecule has 0 saturated heterocycles. The molecule has 0 aliphatic carbocycles. The van der Waals surface area contributed by atoms with Gasteiger partial charge in [-0.15, -0.1) is 0 Å². The summed E-state index contributed by atoms with van der Waals surface area (Å²) in [6, 6.07) is 40.4. The third-order valence-corrected chi connectivity index (χ3v) is 5.73. The maximum atomic E-state index is 13.4. The Morgan fingerprint density at radius 2 is 1.00 bits per heavy atom. The second kappa shape index (κ2) is 9.01. The van der Waals surface area contributed by atoms with E-state index in [2.05, 4.69) is 28.8 Å². The summed E-state index contributed by atoms with van der Waals surface area (Å²) in [5.74, 6) is -0.362. The Bertz CT molecular complexity index is 1270. The van der Waals surface area contributed by atoms with Crippen LogP contribution in [0.1, 0.15) is 10.4 Å². The fraction of sp³-hybridized carbons (Fsp3) is 0.0333. The van der Waals surface area contributed by atoms with Gasteiger partial charge in [-0.1, -0.05) is 109 Å². The highest BCUT2D eigenvalue weighted by Crippen LogP contribution is 2.45. The standard InChI is InChI=1S/C30H23NO2/c1-33-30(32)27-26(22-14-6-2-7-15-22)28(23-16-8-3-9-17-23)31(25-20-12-5-13-21-25)29(27)24-18-10-4-11-19-24/h2-21H,1H3. The van der Waals surface area contributed by atoms with E-state index in [0.717, 1.165) is 39.3 Å². The number of esters is 1. The van der Waals surface area contributed by atoms with E-state index >= 15 is 0 Å². The Morgan fingerprint density at radius 1 is 0.576 bits per heavy atom. The average molecular weight is 430 g/mol. The molecular weight excluding hydrogens is 406 g/mol. The summed E-state index contributed by atoms with van der Waals surface area (Å²) >= 11 is 0. The highest BCUT2D eigenvalue weighted by atomic mass is 16.5. The van der Waals surface area contributed by atoms with Gasteiger partial charge in [-0.05, 0) is 28.8 Å². The quantitative estimate of drug-likeness (QED) is 0.275. The van der Waals surface area contributed by atoms with Crippen LogP contribution in [0, 0.1) is 0 Å². The number of carbonyl (C=O) groups is 1. The molecule has 160 valence electrons.